The molecule has 0 spiro atoms. The second-order valence-corrected chi connectivity index (χ2v) is 18.2. The van der Waals surface area contributed by atoms with Gasteiger partial charge in [0.15, 0.2) is 6.29 Å². The van der Waals surface area contributed by atoms with Crippen LogP contribution in [0.5, 0.6) is 0 Å². The van der Waals surface area contributed by atoms with Gasteiger partial charge in [-0.3, -0.25) is 9.59 Å². The van der Waals surface area contributed by atoms with Crippen molar-refractivity contribution < 1.29 is 49.3 Å². The predicted octanol–water partition coefficient (Wildman–Crippen LogP) is 10.9. The summed E-state index contributed by atoms with van der Waals surface area (Å²) in [5, 5.41) is 53.9. The number of carbonyl (C=O) groups excluding carboxylic acids is 2. The third-order valence-electron chi connectivity index (χ3n) is 12.2. The monoisotopic (exact) mass is 920 g/mol. The van der Waals surface area contributed by atoms with E-state index in [2.05, 4.69) is 43.5 Å². The molecular formula is C54H97NO10. The fraction of sp³-hybridized carbons (Fsp3) is 0.815. The largest absolute Gasteiger partial charge is 0.466 e. The molecule has 0 radical (unpaired) electrons. The van der Waals surface area contributed by atoms with E-state index in [1.165, 1.54) is 116 Å². The minimum Gasteiger partial charge on any atom is -0.466 e. The Morgan fingerprint density at radius 3 is 1.68 bits per heavy atom. The van der Waals surface area contributed by atoms with E-state index in [9.17, 15) is 35.1 Å². The zero-order valence-electron chi connectivity index (χ0n) is 41.2. The quantitative estimate of drug-likeness (QED) is 0.0196. The van der Waals surface area contributed by atoms with Crippen molar-refractivity contribution in [1.82, 2.24) is 5.32 Å². The van der Waals surface area contributed by atoms with Crippen LogP contribution >= 0.6 is 0 Å². The number of amides is 1. The highest BCUT2D eigenvalue weighted by Crippen LogP contribution is 2.22. The van der Waals surface area contributed by atoms with Gasteiger partial charge in [-0.15, -0.1) is 0 Å². The van der Waals surface area contributed by atoms with E-state index in [4.69, 9.17) is 14.2 Å². The molecule has 1 amide bonds. The van der Waals surface area contributed by atoms with Crippen LogP contribution in [0.1, 0.15) is 219 Å². The molecule has 1 saturated heterocycles. The Hall–Kier alpha value is -2.38. The average molecular weight is 920 g/mol. The van der Waals surface area contributed by atoms with Crippen molar-refractivity contribution in [3.05, 3.63) is 48.6 Å². The number of unbranched alkanes of at least 4 members (excludes halogenated alkanes) is 24. The number of aliphatic hydroxyl groups excluding tert-OH is 5. The molecule has 378 valence electrons. The molecule has 11 nitrogen and oxygen atoms in total. The first-order chi connectivity index (χ1) is 31.7. The summed E-state index contributed by atoms with van der Waals surface area (Å²) in [7, 11) is 0. The van der Waals surface area contributed by atoms with Crippen molar-refractivity contribution in [1.29, 1.82) is 0 Å². The van der Waals surface area contributed by atoms with Crippen LogP contribution in [0.3, 0.4) is 0 Å². The summed E-state index contributed by atoms with van der Waals surface area (Å²) >= 11 is 0. The fourth-order valence-corrected chi connectivity index (χ4v) is 7.91. The van der Waals surface area contributed by atoms with Crippen LogP contribution in [0.2, 0.25) is 0 Å². The van der Waals surface area contributed by atoms with E-state index in [0.717, 1.165) is 70.6 Å². The van der Waals surface area contributed by atoms with Gasteiger partial charge in [0, 0.05) is 12.8 Å². The Morgan fingerprint density at radius 2 is 1.06 bits per heavy atom. The molecule has 1 aliphatic rings. The van der Waals surface area contributed by atoms with Crippen molar-refractivity contribution in [3.63, 3.8) is 0 Å². The topological polar surface area (TPSA) is 175 Å². The lowest BCUT2D eigenvalue weighted by Crippen LogP contribution is -2.60. The summed E-state index contributed by atoms with van der Waals surface area (Å²) in [5.74, 6) is -0.315. The molecule has 1 heterocycles. The first kappa shape index (κ1) is 60.6. The standard InChI is InChI=1S/C54H97NO10/c1-3-5-7-9-11-13-14-15-16-19-22-26-30-34-38-42-50(59)63-43-39-35-31-27-23-20-17-18-21-25-29-33-37-41-49(58)55-46(47(57)40-36-32-28-24-12-10-8-6-4-2)45-64-54-53(62)52(61)51(60)48(44-56)65-54/h12,18,21,24,29,33,36,40,46-48,51-54,56-57,60-62H,3-11,13-17,19-20,22-23,25-28,30-32,34-35,37-39,41-45H2,1-2H3,(H,55,58)/b21-18-,24-12+,33-29-,40-36+. The van der Waals surface area contributed by atoms with Crippen LogP contribution in [-0.2, 0) is 23.8 Å². The Morgan fingerprint density at radius 1 is 0.569 bits per heavy atom. The first-order valence-electron chi connectivity index (χ1n) is 26.4. The lowest BCUT2D eigenvalue weighted by atomic mass is 9.99. The number of carbonyl (C=O) groups is 2. The van der Waals surface area contributed by atoms with Crippen LogP contribution < -0.4 is 5.32 Å². The second kappa shape index (κ2) is 44.1. The average Bonchev–Trinajstić information content (AvgIpc) is 3.30. The minimum absolute atomic E-state index is 0.0387. The van der Waals surface area contributed by atoms with Gasteiger partial charge in [-0.05, 0) is 64.2 Å². The van der Waals surface area contributed by atoms with Crippen molar-refractivity contribution in [2.75, 3.05) is 19.8 Å². The zero-order chi connectivity index (χ0) is 47.4. The molecule has 1 aliphatic heterocycles. The van der Waals surface area contributed by atoms with Gasteiger partial charge in [0.05, 0.1) is 32.0 Å². The molecule has 0 aromatic rings. The number of hydrogen-bond acceptors (Lipinski definition) is 10. The van der Waals surface area contributed by atoms with Gasteiger partial charge in [-0.25, -0.2) is 0 Å². The molecular weight excluding hydrogens is 823 g/mol. The molecule has 1 rings (SSSR count). The van der Waals surface area contributed by atoms with Gasteiger partial charge in [0.25, 0.3) is 0 Å². The number of aliphatic hydroxyl groups is 5. The summed E-state index contributed by atoms with van der Waals surface area (Å²) in [6.07, 6.45) is 43.7. The third kappa shape index (κ3) is 34.6. The van der Waals surface area contributed by atoms with E-state index >= 15 is 0 Å². The van der Waals surface area contributed by atoms with E-state index in [-0.39, 0.29) is 24.9 Å². The maximum atomic E-state index is 12.9. The molecule has 11 heteroatoms. The van der Waals surface area contributed by atoms with E-state index in [0.29, 0.717) is 19.4 Å². The molecule has 6 N–H and O–H groups in total. The van der Waals surface area contributed by atoms with Crippen LogP contribution in [-0.4, -0.2) is 100 Å². The van der Waals surface area contributed by atoms with E-state index < -0.39 is 49.5 Å². The number of nitrogens with one attached hydrogen (secondary N) is 1. The van der Waals surface area contributed by atoms with Gasteiger partial charge < -0.3 is 45.1 Å². The Balaban J connectivity index is 2.16. The summed E-state index contributed by atoms with van der Waals surface area (Å²) in [6, 6.07) is -0.870. The summed E-state index contributed by atoms with van der Waals surface area (Å²) in [6.45, 7) is 4.17. The molecule has 1 fully saturated rings. The van der Waals surface area contributed by atoms with E-state index in [1.54, 1.807) is 6.08 Å². The van der Waals surface area contributed by atoms with Gasteiger partial charge in [0.1, 0.15) is 24.4 Å². The molecule has 0 bridgehead atoms. The van der Waals surface area contributed by atoms with Crippen molar-refractivity contribution >= 4 is 11.9 Å². The SMILES string of the molecule is CCCCC/C=C/CC/C=C/C(O)C(COC1OC(CO)C(O)C(O)C1O)NC(=O)CC/C=C\C/C=C\CCCCCCCCOC(=O)CCCCCCCCCCCCCCCCC. The van der Waals surface area contributed by atoms with Crippen molar-refractivity contribution in [2.24, 2.45) is 0 Å². The lowest BCUT2D eigenvalue weighted by molar-refractivity contribution is -0.302. The van der Waals surface area contributed by atoms with Gasteiger partial charge >= 0.3 is 5.97 Å². The summed E-state index contributed by atoms with van der Waals surface area (Å²) in [5.41, 5.74) is 0. The Kier molecular flexibility index (Phi) is 41.2. The number of rotatable bonds is 44. The Bertz CT molecular complexity index is 1220. The zero-order valence-corrected chi connectivity index (χ0v) is 41.2. The normalized spacial score (nSPS) is 20.1. The molecule has 7 atom stereocenters. The van der Waals surface area contributed by atoms with Crippen LogP contribution in [0.25, 0.3) is 0 Å². The maximum absolute atomic E-state index is 12.9. The lowest BCUT2D eigenvalue weighted by Gasteiger charge is -2.40. The highest BCUT2D eigenvalue weighted by atomic mass is 16.7. The van der Waals surface area contributed by atoms with Gasteiger partial charge in [-0.1, -0.05) is 191 Å². The molecule has 0 aliphatic carbocycles. The van der Waals surface area contributed by atoms with Gasteiger partial charge in [-0.2, -0.15) is 0 Å². The molecule has 0 saturated carbocycles. The molecule has 0 aromatic heterocycles. The van der Waals surface area contributed by atoms with Crippen LogP contribution in [0, 0.1) is 0 Å². The number of ether oxygens (including phenoxy) is 3. The highest BCUT2D eigenvalue weighted by molar-refractivity contribution is 5.76. The first-order valence-corrected chi connectivity index (χ1v) is 26.4. The maximum Gasteiger partial charge on any atom is 0.305 e. The molecule has 0 aromatic carbocycles. The molecule has 7 unspecified atom stereocenters. The second-order valence-electron chi connectivity index (χ2n) is 18.2. The number of allylic oxidation sites excluding steroid dienone is 7. The number of hydrogen-bond donors (Lipinski definition) is 6. The van der Waals surface area contributed by atoms with Crippen LogP contribution in [0.15, 0.2) is 48.6 Å². The minimum atomic E-state index is -1.59. The highest BCUT2D eigenvalue weighted by Gasteiger charge is 2.44. The van der Waals surface area contributed by atoms with E-state index in [1.807, 2.05) is 18.2 Å². The van der Waals surface area contributed by atoms with Crippen LogP contribution in [0.4, 0.5) is 0 Å². The summed E-state index contributed by atoms with van der Waals surface area (Å²) in [4.78, 5) is 25.0. The number of esters is 1. The smallest absolute Gasteiger partial charge is 0.305 e. The third-order valence-corrected chi connectivity index (χ3v) is 12.2. The molecule has 65 heavy (non-hydrogen) atoms. The Labute approximate surface area is 396 Å². The van der Waals surface area contributed by atoms with Crippen molar-refractivity contribution in [2.45, 2.75) is 262 Å². The predicted molar refractivity (Wildman–Crippen MR) is 264 cm³/mol. The summed E-state index contributed by atoms with van der Waals surface area (Å²) < 4.78 is 16.6. The van der Waals surface area contributed by atoms with Gasteiger partial charge in [0.2, 0.25) is 5.91 Å². The van der Waals surface area contributed by atoms with Crippen molar-refractivity contribution in [3.8, 4) is 0 Å². The fourth-order valence-electron chi connectivity index (χ4n) is 7.91.